The normalized spacial score (nSPS) is 14.3. The van der Waals surface area contributed by atoms with Gasteiger partial charge in [0.15, 0.2) is 29.6 Å². The SMILES string of the molecule is CCS(=O)(=O)C(C)(C(C)c1nnc(-c2ccncc2)n1C)S(=O)(=O)CC. The Hall–Kier alpha value is -1.81. The summed E-state index contributed by atoms with van der Waals surface area (Å²) >= 11 is 0. The smallest absolute Gasteiger partial charge is 0.180 e. The van der Waals surface area contributed by atoms with E-state index in [0.29, 0.717) is 11.6 Å². The molecule has 1 atom stereocenters. The lowest BCUT2D eigenvalue weighted by molar-refractivity contribution is 0.507. The van der Waals surface area contributed by atoms with E-state index in [1.54, 1.807) is 43.1 Å². The Morgan fingerprint density at radius 1 is 1.04 bits per heavy atom. The fourth-order valence-corrected chi connectivity index (χ4v) is 7.70. The number of hydrogen-bond acceptors (Lipinski definition) is 7. The second-order valence-corrected chi connectivity index (χ2v) is 11.8. The third kappa shape index (κ3) is 3.05. The summed E-state index contributed by atoms with van der Waals surface area (Å²) in [6.45, 7) is 5.74. The summed E-state index contributed by atoms with van der Waals surface area (Å²) in [7, 11) is -6.16. The second kappa shape index (κ2) is 7.07. The van der Waals surface area contributed by atoms with Crippen LogP contribution in [-0.2, 0) is 26.7 Å². The number of hydrogen-bond donors (Lipinski definition) is 0. The van der Waals surface area contributed by atoms with Crippen molar-refractivity contribution >= 4 is 19.7 Å². The number of rotatable bonds is 7. The maximum Gasteiger partial charge on any atom is 0.180 e. The van der Waals surface area contributed by atoms with Gasteiger partial charge >= 0.3 is 0 Å². The molecule has 0 spiro atoms. The molecule has 0 aliphatic heterocycles. The average Bonchev–Trinajstić information content (AvgIpc) is 3.02. The zero-order valence-electron chi connectivity index (χ0n) is 15.5. The molecule has 26 heavy (non-hydrogen) atoms. The summed E-state index contributed by atoms with van der Waals surface area (Å²) in [6, 6.07) is 3.51. The lowest BCUT2D eigenvalue weighted by atomic mass is 10.1. The highest BCUT2D eigenvalue weighted by Gasteiger charge is 2.54. The number of pyridine rings is 1. The molecular formula is C16H24N4O4S2. The van der Waals surface area contributed by atoms with Crippen molar-refractivity contribution in [2.75, 3.05) is 11.5 Å². The molecule has 2 rings (SSSR count). The average molecular weight is 401 g/mol. The van der Waals surface area contributed by atoms with Crippen molar-refractivity contribution in [2.45, 2.75) is 37.7 Å². The first-order valence-corrected chi connectivity index (χ1v) is 11.6. The number of sulfone groups is 2. The molecule has 0 radical (unpaired) electrons. The van der Waals surface area contributed by atoms with E-state index in [4.69, 9.17) is 0 Å². The quantitative estimate of drug-likeness (QED) is 0.693. The fraction of sp³-hybridized carbons (Fsp3) is 0.562. The van der Waals surface area contributed by atoms with Gasteiger partial charge in [0.25, 0.3) is 0 Å². The van der Waals surface area contributed by atoms with Gasteiger partial charge in [0.05, 0.1) is 5.92 Å². The summed E-state index contributed by atoms with van der Waals surface area (Å²) in [6.07, 6.45) is 3.22. The molecule has 0 aliphatic carbocycles. The van der Waals surface area contributed by atoms with E-state index in [0.717, 1.165) is 5.56 Å². The fourth-order valence-electron chi connectivity index (χ4n) is 3.01. The highest BCUT2D eigenvalue weighted by Crippen LogP contribution is 2.40. The van der Waals surface area contributed by atoms with Crippen molar-refractivity contribution in [3.05, 3.63) is 30.4 Å². The Bertz CT molecular complexity index is 949. The lowest BCUT2D eigenvalue weighted by Gasteiger charge is -2.33. The number of aromatic nitrogens is 4. The standard InChI is InChI=1S/C16H24N4O4S2/c1-6-25(21,22)16(4,26(23,24)7-2)12(3)14-18-19-15(20(14)5)13-8-10-17-11-9-13/h8-12H,6-7H2,1-5H3. The summed E-state index contributed by atoms with van der Waals surface area (Å²) in [5.41, 5.74) is 0.756. The largest absolute Gasteiger partial charge is 0.314 e. The molecule has 0 aliphatic rings. The van der Waals surface area contributed by atoms with Crippen molar-refractivity contribution in [1.82, 2.24) is 19.7 Å². The van der Waals surface area contributed by atoms with Crippen LogP contribution in [0.2, 0.25) is 0 Å². The first-order valence-electron chi connectivity index (χ1n) is 8.27. The molecule has 0 amide bonds. The van der Waals surface area contributed by atoms with E-state index in [1.165, 1.54) is 20.8 Å². The third-order valence-electron chi connectivity index (χ3n) is 5.02. The van der Waals surface area contributed by atoms with Gasteiger partial charge in [0, 0.05) is 36.5 Å². The van der Waals surface area contributed by atoms with Crippen LogP contribution in [0.1, 0.15) is 39.4 Å². The molecule has 10 heteroatoms. The van der Waals surface area contributed by atoms with Crippen molar-refractivity contribution in [2.24, 2.45) is 7.05 Å². The summed E-state index contributed by atoms with van der Waals surface area (Å²) in [5.74, 6) is -0.636. The van der Waals surface area contributed by atoms with E-state index >= 15 is 0 Å². The van der Waals surface area contributed by atoms with Gasteiger partial charge in [0.2, 0.25) is 0 Å². The van der Waals surface area contributed by atoms with E-state index in [1.807, 2.05) is 0 Å². The molecule has 2 aromatic heterocycles. The predicted molar refractivity (Wildman–Crippen MR) is 100.0 cm³/mol. The summed E-state index contributed by atoms with van der Waals surface area (Å²) in [5, 5.41) is 8.25. The van der Waals surface area contributed by atoms with Crippen LogP contribution in [0.4, 0.5) is 0 Å². The van der Waals surface area contributed by atoms with Gasteiger partial charge in [0.1, 0.15) is 5.82 Å². The van der Waals surface area contributed by atoms with E-state index in [9.17, 15) is 16.8 Å². The Kier molecular flexibility index (Phi) is 5.57. The monoisotopic (exact) mass is 400 g/mol. The molecule has 0 aromatic carbocycles. The van der Waals surface area contributed by atoms with Crippen LogP contribution >= 0.6 is 0 Å². The van der Waals surface area contributed by atoms with Gasteiger partial charge in [-0.3, -0.25) is 4.98 Å². The van der Waals surface area contributed by atoms with Crippen LogP contribution in [0.5, 0.6) is 0 Å². The maximum absolute atomic E-state index is 12.8. The molecule has 1 unspecified atom stereocenters. The first-order chi connectivity index (χ1) is 12.0. The molecule has 0 bridgehead atoms. The zero-order valence-corrected chi connectivity index (χ0v) is 17.2. The Labute approximate surface area is 154 Å². The molecule has 0 fully saturated rings. The Balaban J connectivity index is 2.66. The van der Waals surface area contributed by atoms with Crippen molar-refractivity contribution in [3.63, 3.8) is 0 Å². The minimum atomic E-state index is -3.93. The van der Waals surface area contributed by atoms with E-state index < -0.39 is 29.7 Å². The van der Waals surface area contributed by atoms with Gasteiger partial charge in [-0.05, 0) is 19.1 Å². The van der Waals surface area contributed by atoms with Crippen LogP contribution in [0.15, 0.2) is 24.5 Å². The van der Waals surface area contributed by atoms with Crippen LogP contribution in [0, 0.1) is 0 Å². The van der Waals surface area contributed by atoms with Gasteiger partial charge in [-0.2, -0.15) is 0 Å². The van der Waals surface area contributed by atoms with Crippen molar-refractivity contribution in [3.8, 4) is 11.4 Å². The van der Waals surface area contributed by atoms with E-state index in [2.05, 4.69) is 15.2 Å². The van der Waals surface area contributed by atoms with Crippen LogP contribution in [-0.4, -0.2) is 52.2 Å². The first kappa shape index (κ1) is 20.5. The zero-order chi connectivity index (χ0) is 19.8. The molecule has 0 N–H and O–H groups in total. The van der Waals surface area contributed by atoms with Crippen molar-refractivity contribution in [1.29, 1.82) is 0 Å². The van der Waals surface area contributed by atoms with E-state index in [-0.39, 0.29) is 11.5 Å². The van der Waals surface area contributed by atoms with Crippen LogP contribution < -0.4 is 0 Å². The molecule has 144 valence electrons. The van der Waals surface area contributed by atoms with Gasteiger partial charge in [-0.15, -0.1) is 10.2 Å². The maximum atomic E-state index is 12.8. The van der Waals surface area contributed by atoms with Gasteiger partial charge in [-0.25, -0.2) is 16.8 Å². The predicted octanol–water partition coefficient (Wildman–Crippen LogP) is 1.57. The molecule has 0 saturated heterocycles. The Morgan fingerprint density at radius 2 is 1.54 bits per heavy atom. The molecule has 0 saturated carbocycles. The third-order valence-corrected chi connectivity index (χ3v) is 11.2. The second-order valence-electron chi connectivity index (χ2n) is 6.22. The Morgan fingerprint density at radius 3 is 2.00 bits per heavy atom. The molecule has 8 nitrogen and oxygen atoms in total. The molecular weight excluding hydrogens is 376 g/mol. The van der Waals surface area contributed by atoms with Crippen LogP contribution in [0.3, 0.4) is 0 Å². The van der Waals surface area contributed by atoms with Gasteiger partial charge in [-0.1, -0.05) is 20.8 Å². The van der Waals surface area contributed by atoms with Gasteiger partial charge < -0.3 is 4.57 Å². The number of nitrogens with zero attached hydrogens (tertiary/aromatic N) is 4. The highest BCUT2D eigenvalue weighted by molar-refractivity contribution is 8.10. The summed E-state index contributed by atoms with van der Waals surface area (Å²) < 4.78 is 50.8. The van der Waals surface area contributed by atoms with Crippen molar-refractivity contribution < 1.29 is 16.8 Å². The lowest BCUT2D eigenvalue weighted by Crippen LogP contribution is -2.50. The molecule has 2 aromatic rings. The summed E-state index contributed by atoms with van der Waals surface area (Å²) in [4.78, 5) is 3.95. The molecule has 2 heterocycles. The van der Waals surface area contributed by atoms with Crippen LogP contribution in [0.25, 0.3) is 11.4 Å². The minimum Gasteiger partial charge on any atom is -0.314 e. The highest BCUT2D eigenvalue weighted by atomic mass is 32.3. The minimum absolute atomic E-state index is 0.276. The topological polar surface area (TPSA) is 112 Å².